The molecular formula is C27H29FN4O3. The van der Waals surface area contributed by atoms with Crippen LogP contribution in [-0.4, -0.2) is 52.3 Å². The van der Waals surface area contributed by atoms with Crippen LogP contribution in [0.1, 0.15) is 48.9 Å². The molecule has 0 saturated carbocycles. The first-order chi connectivity index (χ1) is 16.9. The lowest BCUT2D eigenvalue weighted by Crippen LogP contribution is -2.48. The van der Waals surface area contributed by atoms with Gasteiger partial charge in [-0.2, -0.15) is 5.10 Å². The molecular weight excluding hydrogens is 447 g/mol. The quantitative estimate of drug-likeness (QED) is 0.534. The van der Waals surface area contributed by atoms with Crippen molar-refractivity contribution in [2.45, 2.75) is 44.4 Å². The third kappa shape index (κ3) is 6.01. The average Bonchev–Trinajstić information content (AvgIpc) is 3.29. The molecule has 1 aliphatic heterocycles. The van der Waals surface area contributed by atoms with Crippen LogP contribution in [0.25, 0.3) is 0 Å². The Morgan fingerprint density at radius 3 is 2.37 bits per heavy atom. The highest BCUT2D eigenvalue weighted by Gasteiger charge is 2.40. The molecule has 2 aromatic carbocycles. The standard InChI is InChI=1S/C27H29FN4O3/c1-18(2)19-10-12-21(13-11-19)26(20-7-4-3-5-8-20)30-27(34)23-15-22(28)16-32(23)25(33)17-35-24-9-6-14-29-31-24/h3-14,18,22-23,26H,15-17H2,1-2H3,(H,30,34)/t22-,23+,26+/m1/s1. The van der Waals surface area contributed by atoms with Gasteiger partial charge in [0.25, 0.3) is 5.91 Å². The smallest absolute Gasteiger partial charge is 0.261 e. The zero-order valence-corrected chi connectivity index (χ0v) is 19.8. The lowest BCUT2D eigenvalue weighted by atomic mass is 9.95. The summed E-state index contributed by atoms with van der Waals surface area (Å²) in [7, 11) is 0. The molecule has 0 bridgehead atoms. The van der Waals surface area contributed by atoms with E-state index in [4.69, 9.17) is 4.74 Å². The van der Waals surface area contributed by atoms with Crippen LogP contribution in [0.4, 0.5) is 4.39 Å². The van der Waals surface area contributed by atoms with Crippen LogP contribution in [0.5, 0.6) is 5.88 Å². The molecule has 3 aromatic rings. The van der Waals surface area contributed by atoms with Gasteiger partial charge < -0.3 is 15.0 Å². The average molecular weight is 477 g/mol. The fraction of sp³-hybridized carbons (Fsp3) is 0.333. The summed E-state index contributed by atoms with van der Waals surface area (Å²) in [6, 6.07) is 19.5. The van der Waals surface area contributed by atoms with Gasteiger partial charge in [0.15, 0.2) is 6.61 Å². The number of aromatic nitrogens is 2. The van der Waals surface area contributed by atoms with Crippen molar-refractivity contribution in [1.82, 2.24) is 20.4 Å². The summed E-state index contributed by atoms with van der Waals surface area (Å²) in [5.41, 5.74) is 3.01. The van der Waals surface area contributed by atoms with E-state index in [0.717, 1.165) is 11.1 Å². The van der Waals surface area contributed by atoms with Gasteiger partial charge in [0.05, 0.1) is 12.6 Å². The Morgan fingerprint density at radius 1 is 1.03 bits per heavy atom. The first-order valence-corrected chi connectivity index (χ1v) is 11.7. The van der Waals surface area contributed by atoms with E-state index in [9.17, 15) is 14.0 Å². The number of amides is 2. The van der Waals surface area contributed by atoms with E-state index in [2.05, 4.69) is 41.5 Å². The number of benzene rings is 2. The van der Waals surface area contributed by atoms with Crippen molar-refractivity contribution in [3.8, 4) is 5.88 Å². The molecule has 1 N–H and O–H groups in total. The maximum absolute atomic E-state index is 14.4. The summed E-state index contributed by atoms with van der Waals surface area (Å²) in [4.78, 5) is 27.4. The van der Waals surface area contributed by atoms with E-state index in [-0.39, 0.29) is 25.5 Å². The van der Waals surface area contributed by atoms with Crippen molar-refractivity contribution >= 4 is 11.8 Å². The third-order valence-corrected chi connectivity index (χ3v) is 6.12. The summed E-state index contributed by atoms with van der Waals surface area (Å²) >= 11 is 0. The number of alkyl halides is 1. The van der Waals surface area contributed by atoms with Gasteiger partial charge in [0, 0.05) is 18.7 Å². The maximum Gasteiger partial charge on any atom is 0.261 e. The van der Waals surface area contributed by atoms with Crippen LogP contribution in [0, 0.1) is 0 Å². The molecule has 1 aromatic heterocycles. The first-order valence-electron chi connectivity index (χ1n) is 11.7. The van der Waals surface area contributed by atoms with Crippen molar-refractivity contribution in [3.05, 3.63) is 89.6 Å². The van der Waals surface area contributed by atoms with Gasteiger partial charge in [-0.05, 0) is 28.7 Å². The van der Waals surface area contributed by atoms with Crippen LogP contribution >= 0.6 is 0 Å². The monoisotopic (exact) mass is 476 g/mol. The molecule has 0 radical (unpaired) electrons. The minimum absolute atomic E-state index is 0.0590. The summed E-state index contributed by atoms with van der Waals surface area (Å²) < 4.78 is 19.7. The molecule has 4 rings (SSSR count). The Balaban J connectivity index is 1.51. The Labute approximate surface area is 204 Å². The molecule has 35 heavy (non-hydrogen) atoms. The molecule has 1 fully saturated rings. The highest BCUT2D eigenvalue weighted by molar-refractivity contribution is 5.89. The molecule has 182 valence electrons. The number of ether oxygens (including phenoxy) is 1. The van der Waals surface area contributed by atoms with Crippen LogP contribution in [0.15, 0.2) is 72.9 Å². The fourth-order valence-electron chi connectivity index (χ4n) is 4.21. The van der Waals surface area contributed by atoms with E-state index >= 15 is 0 Å². The van der Waals surface area contributed by atoms with Crippen LogP contribution in [0.2, 0.25) is 0 Å². The number of halogens is 1. The molecule has 0 unspecified atom stereocenters. The lowest BCUT2D eigenvalue weighted by Gasteiger charge is -2.27. The Kier molecular flexibility index (Phi) is 7.70. The summed E-state index contributed by atoms with van der Waals surface area (Å²) in [6.07, 6.45) is 0.144. The van der Waals surface area contributed by atoms with E-state index < -0.39 is 30.1 Å². The van der Waals surface area contributed by atoms with Gasteiger partial charge >= 0.3 is 0 Å². The molecule has 0 spiro atoms. The molecule has 0 aliphatic carbocycles. The van der Waals surface area contributed by atoms with Crippen molar-refractivity contribution in [2.75, 3.05) is 13.2 Å². The van der Waals surface area contributed by atoms with E-state index in [1.807, 2.05) is 42.5 Å². The Hall–Kier alpha value is -3.81. The van der Waals surface area contributed by atoms with E-state index in [1.165, 1.54) is 16.7 Å². The van der Waals surface area contributed by atoms with Crippen LogP contribution in [0.3, 0.4) is 0 Å². The highest BCUT2D eigenvalue weighted by Crippen LogP contribution is 2.27. The van der Waals surface area contributed by atoms with Crippen molar-refractivity contribution in [1.29, 1.82) is 0 Å². The van der Waals surface area contributed by atoms with Crippen molar-refractivity contribution in [3.63, 3.8) is 0 Å². The van der Waals surface area contributed by atoms with Gasteiger partial charge in [-0.1, -0.05) is 68.4 Å². The van der Waals surface area contributed by atoms with Crippen molar-refractivity contribution in [2.24, 2.45) is 0 Å². The van der Waals surface area contributed by atoms with Crippen LogP contribution in [-0.2, 0) is 9.59 Å². The van der Waals surface area contributed by atoms with Gasteiger partial charge in [0.2, 0.25) is 11.8 Å². The number of carbonyl (C=O) groups excluding carboxylic acids is 2. The molecule has 8 heteroatoms. The number of nitrogens with one attached hydrogen (secondary N) is 1. The van der Waals surface area contributed by atoms with Crippen molar-refractivity contribution < 1.29 is 18.7 Å². The second kappa shape index (κ2) is 11.1. The molecule has 2 amide bonds. The number of nitrogens with zero attached hydrogens (tertiary/aromatic N) is 3. The van der Waals surface area contributed by atoms with Gasteiger partial charge in [-0.25, -0.2) is 4.39 Å². The Morgan fingerprint density at radius 2 is 1.71 bits per heavy atom. The zero-order chi connectivity index (χ0) is 24.8. The molecule has 1 aliphatic rings. The van der Waals surface area contributed by atoms with E-state index in [1.54, 1.807) is 12.1 Å². The predicted octanol–water partition coefficient (Wildman–Crippen LogP) is 3.82. The summed E-state index contributed by atoms with van der Waals surface area (Å²) in [6.45, 7) is 3.74. The minimum atomic E-state index is -1.29. The van der Waals surface area contributed by atoms with Gasteiger partial charge in [-0.15, -0.1) is 5.10 Å². The molecule has 2 heterocycles. The fourth-order valence-corrected chi connectivity index (χ4v) is 4.21. The number of hydrogen-bond acceptors (Lipinski definition) is 5. The summed E-state index contributed by atoms with van der Waals surface area (Å²) in [5, 5.41) is 10.5. The number of carbonyl (C=O) groups is 2. The highest BCUT2D eigenvalue weighted by atomic mass is 19.1. The normalized spacial score (nSPS) is 18.3. The van der Waals surface area contributed by atoms with Gasteiger partial charge in [0.1, 0.15) is 12.2 Å². The predicted molar refractivity (Wildman–Crippen MR) is 129 cm³/mol. The second-order valence-corrected chi connectivity index (χ2v) is 8.92. The molecule has 3 atom stereocenters. The second-order valence-electron chi connectivity index (χ2n) is 8.92. The SMILES string of the molecule is CC(C)c1ccc([C@@H](NC(=O)[C@@H]2C[C@@H](F)CN2C(=O)COc2cccnn2)c2ccccc2)cc1. The molecule has 1 saturated heterocycles. The first kappa shape index (κ1) is 24.3. The molecule has 7 nitrogen and oxygen atoms in total. The van der Waals surface area contributed by atoms with Crippen LogP contribution < -0.4 is 10.1 Å². The topological polar surface area (TPSA) is 84.4 Å². The maximum atomic E-state index is 14.4. The zero-order valence-electron chi connectivity index (χ0n) is 19.8. The largest absolute Gasteiger partial charge is 0.466 e. The Bertz CT molecular complexity index is 1130. The van der Waals surface area contributed by atoms with E-state index in [0.29, 0.717) is 5.92 Å². The summed E-state index contributed by atoms with van der Waals surface area (Å²) in [5.74, 6) is -0.308. The van der Waals surface area contributed by atoms with Gasteiger partial charge in [-0.3, -0.25) is 9.59 Å². The number of rotatable bonds is 8. The minimum Gasteiger partial charge on any atom is -0.466 e. The third-order valence-electron chi connectivity index (χ3n) is 6.12. The number of hydrogen-bond donors (Lipinski definition) is 1. The lowest BCUT2D eigenvalue weighted by molar-refractivity contribution is -0.140. The number of likely N-dealkylation sites (tertiary alicyclic amines) is 1.